The lowest BCUT2D eigenvalue weighted by atomic mass is 9.79. The summed E-state index contributed by atoms with van der Waals surface area (Å²) in [7, 11) is 0. The fraction of sp³-hybridized carbons (Fsp3) is 0.867. The molecule has 0 bridgehead atoms. The van der Waals surface area contributed by atoms with Crippen LogP contribution in [0.5, 0.6) is 0 Å². The van der Waals surface area contributed by atoms with Crippen molar-refractivity contribution in [3.63, 3.8) is 0 Å². The molecule has 2 N–H and O–H groups in total. The van der Waals surface area contributed by atoms with Gasteiger partial charge in [-0.2, -0.15) is 0 Å². The van der Waals surface area contributed by atoms with Crippen LogP contribution in [0.25, 0.3) is 0 Å². The lowest BCUT2D eigenvalue weighted by Crippen LogP contribution is -2.43. The second-order valence-electron chi connectivity index (χ2n) is 6.03. The molecule has 2 rings (SSSR count). The van der Waals surface area contributed by atoms with Crippen LogP contribution in [0.3, 0.4) is 0 Å². The largest absolute Gasteiger partial charge is 0.481 e. The number of hydrogen-bond donors (Lipinski definition) is 2. The van der Waals surface area contributed by atoms with Crippen molar-refractivity contribution in [2.75, 3.05) is 26.2 Å². The summed E-state index contributed by atoms with van der Waals surface area (Å²) in [6.07, 6.45) is 7.05. The van der Waals surface area contributed by atoms with Gasteiger partial charge < -0.3 is 15.3 Å². The zero-order chi connectivity index (χ0) is 14.4. The number of amides is 1. The first-order valence-electron chi connectivity index (χ1n) is 7.91. The second kappa shape index (κ2) is 7.62. The van der Waals surface area contributed by atoms with Gasteiger partial charge in [-0.05, 0) is 38.8 Å². The Morgan fingerprint density at radius 2 is 1.65 bits per heavy atom. The third-order valence-electron chi connectivity index (χ3n) is 4.60. The van der Waals surface area contributed by atoms with Gasteiger partial charge in [-0.15, -0.1) is 0 Å². The second-order valence-corrected chi connectivity index (χ2v) is 6.03. The van der Waals surface area contributed by atoms with Gasteiger partial charge in [0, 0.05) is 13.1 Å². The molecule has 0 aromatic rings. The maximum Gasteiger partial charge on any atom is 0.307 e. The number of likely N-dealkylation sites (tertiary alicyclic amines) is 1. The summed E-state index contributed by atoms with van der Waals surface area (Å²) in [5, 5.41) is 12.1. The fourth-order valence-corrected chi connectivity index (χ4v) is 3.39. The Kier molecular flexibility index (Phi) is 5.83. The van der Waals surface area contributed by atoms with E-state index in [0.29, 0.717) is 19.4 Å². The lowest BCUT2D eigenvalue weighted by Gasteiger charge is -2.29. The van der Waals surface area contributed by atoms with E-state index in [-0.39, 0.29) is 11.8 Å². The highest BCUT2D eigenvalue weighted by Gasteiger charge is 2.35. The Morgan fingerprint density at radius 1 is 1.00 bits per heavy atom. The minimum atomic E-state index is -0.819. The molecule has 0 spiro atoms. The Balaban J connectivity index is 1.73. The molecule has 1 heterocycles. The van der Waals surface area contributed by atoms with E-state index >= 15 is 0 Å². The van der Waals surface area contributed by atoms with E-state index in [9.17, 15) is 14.7 Å². The van der Waals surface area contributed by atoms with E-state index in [1.165, 1.54) is 19.3 Å². The molecule has 1 amide bonds. The Bertz CT molecular complexity index is 340. The highest BCUT2D eigenvalue weighted by molar-refractivity contribution is 5.84. The Labute approximate surface area is 120 Å². The van der Waals surface area contributed by atoms with Crippen LogP contribution in [-0.2, 0) is 9.59 Å². The van der Waals surface area contributed by atoms with Gasteiger partial charge in [0.05, 0.1) is 11.8 Å². The van der Waals surface area contributed by atoms with E-state index in [1.54, 1.807) is 0 Å². The van der Waals surface area contributed by atoms with Crippen LogP contribution in [0.15, 0.2) is 0 Å². The summed E-state index contributed by atoms with van der Waals surface area (Å²) in [6.45, 7) is 3.77. The van der Waals surface area contributed by atoms with Crippen LogP contribution < -0.4 is 5.32 Å². The number of carbonyl (C=O) groups excluding carboxylic acids is 1. The first kappa shape index (κ1) is 15.3. The van der Waals surface area contributed by atoms with Crippen molar-refractivity contribution in [1.29, 1.82) is 0 Å². The molecule has 5 nitrogen and oxygen atoms in total. The molecular weight excluding hydrogens is 256 g/mol. The SMILES string of the molecule is O=C(NCCN1CCCCC1)[C@H]1CCCC[C@H]1C(=O)O. The molecule has 20 heavy (non-hydrogen) atoms. The van der Waals surface area contributed by atoms with Crippen LogP contribution in [0.4, 0.5) is 0 Å². The fourth-order valence-electron chi connectivity index (χ4n) is 3.39. The molecule has 2 atom stereocenters. The molecule has 0 aromatic carbocycles. The topological polar surface area (TPSA) is 69.6 Å². The highest BCUT2D eigenvalue weighted by Crippen LogP contribution is 2.30. The number of rotatable bonds is 5. The summed E-state index contributed by atoms with van der Waals surface area (Å²) in [6, 6.07) is 0. The molecule has 1 saturated heterocycles. The Hall–Kier alpha value is -1.10. The van der Waals surface area contributed by atoms with Gasteiger partial charge in [0.2, 0.25) is 5.91 Å². The van der Waals surface area contributed by atoms with Crippen molar-refractivity contribution in [2.24, 2.45) is 11.8 Å². The van der Waals surface area contributed by atoms with Gasteiger partial charge >= 0.3 is 5.97 Å². The normalized spacial score (nSPS) is 28.0. The minimum Gasteiger partial charge on any atom is -0.481 e. The first-order valence-corrected chi connectivity index (χ1v) is 7.91. The molecule has 1 saturated carbocycles. The van der Waals surface area contributed by atoms with Crippen LogP contribution >= 0.6 is 0 Å². The average molecular weight is 282 g/mol. The molecule has 1 aliphatic carbocycles. The maximum atomic E-state index is 12.2. The number of nitrogens with zero attached hydrogens (tertiary/aromatic N) is 1. The van der Waals surface area contributed by atoms with Gasteiger partial charge in [-0.1, -0.05) is 19.3 Å². The van der Waals surface area contributed by atoms with E-state index < -0.39 is 11.9 Å². The molecule has 2 fully saturated rings. The molecule has 2 aliphatic rings. The predicted octanol–water partition coefficient (Wildman–Crippen LogP) is 1.48. The van der Waals surface area contributed by atoms with Crippen LogP contribution in [0.1, 0.15) is 44.9 Å². The molecule has 0 radical (unpaired) electrons. The predicted molar refractivity (Wildman–Crippen MR) is 76.4 cm³/mol. The summed E-state index contributed by atoms with van der Waals surface area (Å²) in [5.41, 5.74) is 0. The summed E-state index contributed by atoms with van der Waals surface area (Å²) >= 11 is 0. The summed E-state index contributed by atoms with van der Waals surface area (Å²) in [4.78, 5) is 25.7. The molecule has 0 unspecified atom stereocenters. The number of carboxylic acid groups (broad SMARTS) is 1. The third kappa shape index (κ3) is 4.20. The molecule has 1 aliphatic heterocycles. The van der Waals surface area contributed by atoms with E-state index in [1.807, 2.05) is 0 Å². The molecule has 5 heteroatoms. The van der Waals surface area contributed by atoms with Crippen molar-refractivity contribution < 1.29 is 14.7 Å². The lowest BCUT2D eigenvalue weighted by molar-refractivity contribution is -0.148. The average Bonchev–Trinajstić information content (AvgIpc) is 2.48. The molecular formula is C15H26N2O3. The molecule has 0 aromatic heterocycles. The van der Waals surface area contributed by atoms with Gasteiger partial charge in [0.25, 0.3) is 0 Å². The van der Waals surface area contributed by atoms with Gasteiger partial charge in [0.15, 0.2) is 0 Å². The van der Waals surface area contributed by atoms with Gasteiger partial charge in [0.1, 0.15) is 0 Å². The van der Waals surface area contributed by atoms with E-state index in [0.717, 1.165) is 32.5 Å². The van der Waals surface area contributed by atoms with Crippen molar-refractivity contribution in [3.05, 3.63) is 0 Å². The van der Waals surface area contributed by atoms with E-state index in [4.69, 9.17) is 0 Å². The monoisotopic (exact) mass is 282 g/mol. The zero-order valence-electron chi connectivity index (χ0n) is 12.1. The number of piperidine rings is 1. The van der Waals surface area contributed by atoms with Crippen LogP contribution in [-0.4, -0.2) is 48.1 Å². The summed E-state index contributed by atoms with van der Waals surface area (Å²) in [5.74, 6) is -1.70. The van der Waals surface area contributed by atoms with Crippen molar-refractivity contribution in [3.8, 4) is 0 Å². The third-order valence-corrected chi connectivity index (χ3v) is 4.60. The standard InChI is InChI=1S/C15H26N2O3/c18-14(12-6-2-3-7-13(12)15(19)20)16-8-11-17-9-4-1-5-10-17/h12-13H,1-11H2,(H,16,18)(H,19,20)/t12-,13+/m0/s1. The number of aliphatic carboxylic acids is 1. The Morgan fingerprint density at radius 3 is 2.30 bits per heavy atom. The van der Waals surface area contributed by atoms with E-state index in [2.05, 4.69) is 10.2 Å². The van der Waals surface area contributed by atoms with Crippen LogP contribution in [0.2, 0.25) is 0 Å². The number of carbonyl (C=O) groups is 2. The van der Waals surface area contributed by atoms with Crippen molar-refractivity contribution in [2.45, 2.75) is 44.9 Å². The van der Waals surface area contributed by atoms with Gasteiger partial charge in [-0.25, -0.2) is 0 Å². The van der Waals surface area contributed by atoms with Crippen molar-refractivity contribution >= 4 is 11.9 Å². The maximum absolute atomic E-state index is 12.2. The van der Waals surface area contributed by atoms with Crippen molar-refractivity contribution in [1.82, 2.24) is 10.2 Å². The van der Waals surface area contributed by atoms with Gasteiger partial charge in [-0.3, -0.25) is 9.59 Å². The smallest absolute Gasteiger partial charge is 0.307 e. The number of nitrogens with one attached hydrogen (secondary N) is 1. The highest BCUT2D eigenvalue weighted by atomic mass is 16.4. The first-order chi connectivity index (χ1) is 9.68. The number of carboxylic acids is 1. The molecule has 114 valence electrons. The number of hydrogen-bond acceptors (Lipinski definition) is 3. The quantitative estimate of drug-likeness (QED) is 0.801. The summed E-state index contributed by atoms with van der Waals surface area (Å²) < 4.78 is 0. The minimum absolute atomic E-state index is 0.0610. The zero-order valence-corrected chi connectivity index (χ0v) is 12.1. The van der Waals surface area contributed by atoms with Crippen LogP contribution in [0, 0.1) is 11.8 Å².